The summed E-state index contributed by atoms with van der Waals surface area (Å²) in [5.74, 6) is 2.29. The maximum atomic E-state index is 6.10. The number of piperidine rings is 1. The summed E-state index contributed by atoms with van der Waals surface area (Å²) in [5.41, 5.74) is 1.25. The largest absolute Gasteiger partial charge is 0.493 e. The van der Waals surface area contributed by atoms with Gasteiger partial charge in [0.25, 0.3) is 0 Å². The van der Waals surface area contributed by atoms with E-state index in [-0.39, 0.29) is 0 Å². The summed E-state index contributed by atoms with van der Waals surface area (Å²) in [6, 6.07) is 9.17. The van der Waals surface area contributed by atoms with Crippen LogP contribution >= 0.6 is 0 Å². The van der Waals surface area contributed by atoms with Crippen molar-refractivity contribution in [2.45, 2.75) is 45.2 Å². The summed E-state index contributed by atoms with van der Waals surface area (Å²) in [5, 5.41) is 3.57. The van der Waals surface area contributed by atoms with Crippen molar-refractivity contribution in [2.75, 3.05) is 33.4 Å². The third-order valence-corrected chi connectivity index (χ3v) is 5.58. The van der Waals surface area contributed by atoms with E-state index >= 15 is 0 Å². The predicted octanol–water partition coefficient (Wildman–Crippen LogP) is 4.04. The Bertz CT molecular complexity index is 654. The van der Waals surface area contributed by atoms with Crippen molar-refractivity contribution in [2.24, 2.45) is 5.92 Å². The van der Waals surface area contributed by atoms with Crippen LogP contribution in [0.15, 0.2) is 48.1 Å². The Kier molecular flexibility index (Phi) is 7.36. The molecule has 1 saturated heterocycles. The number of nitrogens with zero attached hydrogens (tertiary/aromatic N) is 1. The second-order valence-corrected chi connectivity index (χ2v) is 8.01. The van der Waals surface area contributed by atoms with E-state index in [1.165, 1.54) is 12.0 Å². The van der Waals surface area contributed by atoms with Crippen molar-refractivity contribution in [3.8, 4) is 11.5 Å². The first kappa shape index (κ1) is 20.0. The molecule has 3 rings (SSSR count). The average molecular weight is 371 g/mol. The monoisotopic (exact) mass is 370 g/mol. The maximum Gasteiger partial charge on any atom is 0.123 e. The highest BCUT2D eigenvalue weighted by molar-refractivity contribution is 5.34. The fraction of sp³-hybridized carbons (Fsp3) is 0.565. The van der Waals surface area contributed by atoms with E-state index in [0.717, 1.165) is 44.0 Å². The lowest BCUT2D eigenvalue weighted by Gasteiger charge is -2.37. The number of ether oxygens (including phenoxy) is 2. The lowest BCUT2D eigenvalue weighted by Crippen LogP contribution is -2.50. The van der Waals surface area contributed by atoms with E-state index in [1.807, 2.05) is 24.3 Å². The second kappa shape index (κ2) is 9.95. The molecule has 0 radical (unpaired) electrons. The van der Waals surface area contributed by atoms with E-state index in [1.54, 1.807) is 0 Å². The highest BCUT2D eigenvalue weighted by atomic mass is 16.5. The molecule has 1 aliphatic carbocycles. The number of allylic oxidation sites excluding steroid dienone is 2. The van der Waals surface area contributed by atoms with Crippen molar-refractivity contribution in [1.82, 2.24) is 10.2 Å². The minimum Gasteiger partial charge on any atom is -0.493 e. The molecule has 0 bridgehead atoms. The van der Waals surface area contributed by atoms with Gasteiger partial charge in [0.15, 0.2) is 0 Å². The summed E-state index contributed by atoms with van der Waals surface area (Å²) < 4.78 is 12.0. The lowest BCUT2D eigenvalue weighted by molar-refractivity contribution is 0.117. The van der Waals surface area contributed by atoms with Gasteiger partial charge in [-0.1, -0.05) is 24.3 Å². The molecule has 1 N–H and O–H groups in total. The normalized spacial score (nSPS) is 22.8. The van der Waals surface area contributed by atoms with Gasteiger partial charge in [-0.05, 0) is 57.9 Å². The SMILES string of the molecule is CC(C)N(C)[C@H]1CNC[C@@H](COc2cccc(OCC3=CCCC=C3)c2)C1. The predicted molar refractivity (Wildman–Crippen MR) is 112 cm³/mol. The van der Waals surface area contributed by atoms with Crippen LogP contribution in [0.1, 0.15) is 33.1 Å². The van der Waals surface area contributed by atoms with Crippen LogP contribution in [0.25, 0.3) is 0 Å². The Morgan fingerprint density at radius 2 is 1.96 bits per heavy atom. The van der Waals surface area contributed by atoms with Gasteiger partial charge < -0.3 is 14.8 Å². The molecule has 27 heavy (non-hydrogen) atoms. The zero-order valence-corrected chi connectivity index (χ0v) is 17.0. The van der Waals surface area contributed by atoms with Gasteiger partial charge in [0, 0.05) is 37.2 Å². The molecule has 0 spiro atoms. The third kappa shape index (κ3) is 6.12. The molecule has 0 unspecified atom stereocenters. The quantitative estimate of drug-likeness (QED) is 0.749. The Morgan fingerprint density at radius 1 is 1.15 bits per heavy atom. The fourth-order valence-corrected chi connectivity index (χ4v) is 3.67. The van der Waals surface area contributed by atoms with Crippen LogP contribution in [0.3, 0.4) is 0 Å². The Labute approximate surface area is 164 Å². The number of hydrogen-bond donors (Lipinski definition) is 1. The van der Waals surface area contributed by atoms with E-state index in [2.05, 4.69) is 49.3 Å². The Balaban J connectivity index is 1.48. The second-order valence-electron chi connectivity index (χ2n) is 8.01. The molecule has 2 atom stereocenters. The molecule has 1 aromatic rings. The molecule has 0 amide bonds. The molecule has 1 aliphatic heterocycles. The molecular formula is C23H34N2O2. The maximum absolute atomic E-state index is 6.10. The number of likely N-dealkylation sites (N-methyl/N-ethyl adjacent to an activating group) is 1. The van der Waals surface area contributed by atoms with Gasteiger partial charge in [-0.15, -0.1) is 0 Å². The summed E-state index contributed by atoms with van der Waals surface area (Å²) in [4.78, 5) is 2.46. The van der Waals surface area contributed by atoms with E-state index in [4.69, 9.17) is 9.47 Å². The molecule has 1 aromatic carbocycles. The third-order valence-electron chi connectivity index (χ3n) is 5.58. The summed E-state index contributed by atoms with van der Waals surface area (Å²) in [6.07, 6.45) is 10.0. The van der Waals surface area contributed by atoms with Crippen LogP contribution in [-0.2, 0) is 0 Å². The van der Waals surface area contributed by atoms with Crippen molar-refractivity contribution < 1.29 is 9.47 Å². The van der Waals surface area contributed by atoms with Crippen molar-refractivity contribution in [3.63, 3.8) is 0 Å². The van der Waals surface area contributed by atoms with Crippen LogP contribution in [0.2, 0.25) is 0 Å². The number of benzene rings is 1. The Morgan fingerprint density at radius 3 is 2.70 bits per heavy atom. The van der Waals surface area contributed by atoms with Gasteiger partial charge >= 0.3 is 0 Å². The molecule has 0 aromatic heterocycles. The van der Waals surface area contributed by atoms with Crippen molar-refractivity contribution in [1.29, 1.82) is 0 Å². The van der Waals surface area contributed by atoms with Gasteiger partial charge in [0.05, 0.1) is 6.61 Å². The molecular weight excluding hydrogens is 336 g/mol. The highest BCUT2D eigenvalue weighted by Crippen LogP contribution is 2.23. The van der Waals surface area contributed by atoms with Gasteiger partial charge in [-0.25, -0.2) is 0 Å². The minimum atomic E-state index is 0.534. The topological polar surface area (TPSA) is 33.7 Å². The molecule has 4 heteroatoms. The van der Waals surface area contributed by atoms with Crippen LogP contribution in [0.4, 0.5) is 0 Å². The van der Waals surface area contributed by atoms with Crippen LogP contribution < -0.4 is 14.8 Å². The molecule has 4 nitrogen and oxygen atoms in total. The van der Waals surface area contributed by atoms with Crippen LogP contribution in [0, 0.1) is 5.92 Å². The fourth-order valence-electron chi connectivity index (χ4n) is 3.67. The first-order chi connectivity index (χ1) is 13.1. The molecule has 1 fully saturated rings. The molecule has 1 heterocycles. The smallest absolute Gasteiger partial charge is 0.123 e. The van der Waals surface area contributed by atoms with Gasteiger partial charge in [-0.3, -0.25) is 4.90 Å². The van der Waals surface area contributed by atoms with Crippen LogP contribution in [0.5, 0.6) is 11.5 Å². The zero-order valence-electron chi connectivity index (χ0n) is 17.0. The van der Waals surface area contributed by atoms with Crippen molar-refractivity contribution in [3.05, 3.63) is 48.1 Å². The van der Waals surface area contributed by atoms with Gasteiger partial charge in [0.1, 0.15) is 18.1 Å². The summed E-state index contributed by atoms with van der Waals surface area (Å²) >= 11 is 0. The first-order valence-corrected chi connectivity index (χ1v) is 10.3. The number of nitrogens with one attached hydrogen (secondary N) is 1. The average Bonchev–Trinajstić information content (AvgIpc) is 2.71. The van der Waals surface area contributed by atoms with Gasteiger partial charge in [0.2, 0.25) is 0 Å². The standard InChI is InChI=1S/C23H34N2O2/c1-18(2)25(3)21-12-20(14-24-15-21)17-27-23-11-7-10-22(13-23)26-16-19-8-5-4-6-9-19/h5,7-11,13,18,20-21,24H,4,6,12,14-17H2,1-3H3/t20-,21+/m0/s1. The summed E-state index contributed by atoms with van der Waals surface area (Å²) in [6.45, 7) is 7.97. The number of hydrogen-bond acceptors (Lipinski definition) is 4. The van der Waals surface area contributed by atoms with Crippen LogP contribution in [-0.4, -0.2) is 50.3 Å². The molecule has 2 aliphatic rings. The van der Waals surface area contributed by atoms with E-state index in [0.29, 0.717) is 24.6 Å². The molecule has 148 valence electrons. The first-order valence-electron chi connectivity index (χ1n) is 10.3. The van der Waals surface area contributed by atoms with E-state index < -0.39 is 0 Å². The Hall–Kier alpha value is -1.78. The summed E-state index contributed by atoms with van der Waals surface area (Å²) in [7, 11) is 2.22. The minimum absolute atomic E-state index is 0.534. The van der Waals surface area contributed by atoms with Crippen molar-refractivity contribution >= 4 is 0 Å². The highest BCUT2D eigenvalue weighted by Gasteiger charge is 2.26. The number of rotatable bonds is 8. The van der Waals surface area contributed by atoms with Gasteiger partial charge in [-0.2, -0.15) is 0 Å². The lowest BCUT2D eigenvalue weighted by atomic mass is 9.95. The zero-order chi connectivity index (χ0) is 19.1. The molecule has 0 saturated carbocycles. The van der Waals surface area contributed by atoms with E-state index in [9.17, 15) is 0 Å².